The highest BCUT2D eigenvalue weighted by molar-refractivity contribution is 7.16. The van der Waals surface area contributed by atoms with Gasteiger partial charge in [-0.15, -0.1) is 11.3 Å². The fourth-order valence-corrected chi connectivity index (χ4v) is 3.77. The molecule has 1 fully saturated rings. The van der Waals surface area contributed by atoms with E-state index >= 15 is 0 Å². The molecule has 0 radical (unpaired) electrons. The van der Waals surface area contributed by atoms with Gasteiger partial charge in [-0.3, -0.25) is 4.79 Å². The molecule has 1 aliphatic heterocycles. The van der Waals surface area contributed by atoms with Crippen LogP contribution in [0.4, 0.5) is 4.39 Å². The highest BCUT2D eigenvalue weighted by Crippen LogP contribution is 2.24. The number of hydrogen-bond acceptors (Lipinski definition) is 6. The molecule has 0 spiro atoms. The van der Waals surface area contributed by atoms with Crippen molar-refractivity contribution in [1.82, 2.24) is 19.9 Å². The molecule has 0 aliphatic carbocycles. The first-order chi connectivity index (χ1) is 12.7. The minimum atomic E-state index is -0.518. The molecule has 134 valence electrons. The van der Waals surface area contributed by atoms with Crippen molar-refractivity contribution in [2.75, 3.05) is 13.1 Å². The van der Waals surface area contributed by atoms with Crippen molar-refractivity contribution in [2.45, 2.75) is 25.9 Å². The first-order valence-electron chi connectivity index (χ1n) is 8.44. The van der Waals surface area contributed by atoms with Gasteiger partial charge in [0, 0.05) is 18.5 Å². The van der Waals surface area contributed by atoms with Crippen LogP contribution in [0.5, 0.6) is 5.88 Å². The van der Waals surface area contributed by atoms with Crippen LogP contribution in [0.2, 0.25) is 0 Å². The molecule has 1 amide bonds. The van der Waals surface area contributed by atoms with Gasteiger partial charge in [0.25, 0.3) is 11.8 Å². The van der Waals surface area contributed by atoms with Gasteiger partial charge < -0.3 is 9.64 Å². The summed E-state index contributed by atoms with van der Waals surface area (Å²) < 4.78 is 20.9. The lowest BCUT2D eigenvalue weighted by atomic mass is 10.2. The van der Waals surface area contributed by atoms with E-state index in [1.807, 2.05) is 19.1 Å². The molecule has 6 nitrogen and oxygen atoms in total. The average Bonchev–Trinajstić information content (AvgIpc) is 3.31. The summed E-state index contributed by atoms with van der Waals surface area (Å²) in [5, 5.41) is 0. The van der Waals surface area contributed by atoms with Crippen molar-refractivity contribution in [2.24, 2.45) is 0 Å². The molecule has 4 rings (SSSR count). The summed E-state index contributed by atoms with van der Waals surface area (Å²) in [6, 6.07) is 5.50. The van der Waals surface area contributed by atoms with E-state index in [0.717, 1.165) is 10.2 Å². The van der Waals surface area contributed by atoms with Crippen LogP contribution in [0, 0.1) is 5.82 Å². The number of ether oxygens (including phenoxy) is 1. The van der Waals surface area contributed by atoms with Gasteiger partial charge in [0.15, 0.2) is 0 Å². The van der Waals surface area contributed by atoms with Crippen molar-refractivity contribution < 1.29 is 13.9 Å². The van der Waals surface area contributed by atoms with Crippen LogP contribution in [0.1, 0.15) is 29.4 Å². The monoisotopic (exact) mass is 372 g/mol. The molecule has 8 heteroatoms. The fraction of sp³-hybridized carbons (Fsp3) is 0.333. The molecule has 3 heterocycles. The van der Waals surface area contributed by atoms with Crippen LogP contribution in [0.15, 0.2) is 30.0 Å². The highest BCUT2D eigenvalue weighted by atomic mass is 32.1. The summed E-state index contributed by atoms with van der Waals surface area (Å²) in [5.41, 5.74) is 3.61. The molecule has 0 N–H and O–H groups in total. The number of rotatable bonds is 4. The Kier molecular flexibility index (Phi) is 4.50. The molecule has 1 atom stereocenters. The van der Waals surface area contributed by atoms with Gasteiger partial charge in [-0.25, -0.2) is 9.97 Å². The summed E-state index contributed by atoms with van der Waals surface area (Å²) in [4.78, 5) is 26.5. The number of likely N-dealkylation sites (tertiary alicyclic amines) is 1. The third kappa shape index (κ3) is 3.12. The second kappa shape index (κ2) is 6.95. The molecule has 1 aromatic carbocycles. The van der Waals surface area contributed by atoms with Crippen LogP contribution in [0.25, 0.3) is 10.2 Å². The standard InChI is InChI=1S/C18H17FN4O2S/c1-2-13-16(19)17(21-9-20-13)25-12-5-6-23(8-12)18(24)11-3-4-14-15(7-11)26-10-22-14/h3-4,7,9-10,12H,2,5-6,8H2,1H3/t12-/m1/s1. The number of halogens is 1. The number of carbonyl (C=O) groups excluding carboxylic acids is 1. The third-order valence-electron chi connectivity index (χ3n) is 4.45. The normalized spacial score (nSPS) is 17.0. The molecule has 0 unspecified atom stereocenters. The van der Waals surface area contributed by atoms with Crippen molar-refractivity contribution in [3.63, 3.8) is 0 Å². The third-order valence-corrected chi connectivity index (χ3v) is 5.25. The zero-order valence-corrected chi connectivity index (χ0v) is 15.0. The SMILES string of the molecule is CCc1ncnc(O[C@@H]2CCN(C(=O)c3ccc4ncsc4c3)C2)c1F. The lowest BCUT2D eigenvalue weighted by Crippen LogP contribution is -2.31. The number of aryl methyl sites for hydroxylation is 1. The first kappa shape index (κ1) is 16.8. The van der Waals surface area contributed by atoms with E-state index in [1.165, 1.54) is 17.7 Å². The number of benzene rings is 1. The van der Waals surface area contributed by atoms with Crippen molar-refractivity contribution in [1.29, 1.82) is 0 Å². The predicted molar refractivity (Wildman–Crippen MR) is 95.9 cm³/mol. The summed E-state index contributed by atoms with van der Waals surface area (Å²) in [7, 11) is 0. The number of amides is 1. The Morgan fingerprint density at radius 3 is 3.12 bits per heavy atom. The van der Waals surface area contributed by atoms with E-state index in [2.05, 4.69) is 15.0 Å². The summed E-state index contributed by atoms with van der Waals surface area (Å²) in [6.45, 7) is 2.80. The maximum atomic E-state index is 14.2. The minimum Gasteiger partial charge on any atom is -0.470 e. The van der Waals surface area contributed by atoms with E-state index < -0.39 is 5.82 Å². The number of nitrogens with zero attached hydrogens (tertiary/aromatic N) is 4. The Morgan fingerprint density at radius 2 is 2.27 bits per heavy atom. The van der Waals surface area contributed by atoms with E-state index in [-0.39, 0.29) is 17.9 Å². The quantitative estimate of drug-likeness (QED) is 0.704. The first-order valence-corrected chi connectivity index (χ1v) is 9.32. The van der Waals surface area contributed by atoms with Crippen LogP contribution in [0.3, 0.4) is 0 Å². The summed E-state index contributed by atoms with van der Waals surface area (Å²) in [6.07, 6.45) is 2.14. The molecular formula is C18H17FN4O2S. The van der Waals surface area contributed by atoms with Crippen molar-refractivity contribution >= 4 is 27.5 Å². The van der Waals surface area contributed by atoms with E-state index in [4.69, 9.17) is 4.74 Å². The second-order valence-corrected chi connectivity index (χ2v) is 6.99. The smallest absolute Gasteiger partial charge is 0.254 e. The molecular weight excluding hydrogens is 355 g/mol. The molecule has 1 aliphatic rings. The Bertz CT molecular complexity index is 961. The molecule has 26 heavy (non-hydrogen) atoms. The lowest BCUT2D eigenvalue weighted by molar-refractivity contribution is 0.0770. The average molecular weight is 372 g/mol. The fourth-order valence-electron chi connectivity index (χ4n) is 3.05. The van der Waals surface area contributed by atoms with Gasteiger partial charge in [-0.1, -0.05) is 6.92 Å². The van der Waals surface area contributed by atoms with Gasteiger partial charge in [0.05, 0.1) is 28.0 Å². The number of thiazole rings is 1. The Morgan fingerprint density at radius 1 is 1.38 bits per heavy atom. The van der Waals surface area contributed by atoms with Gasteiger partial charge >= 0.3 is 0 Å². The number of aromatic nitrogens is 3. The largest absolute Gasteiger partial charge is 0.470 e. The topological polar surface area (TPSA) is 68.2 Å². The molecule has 0 bridgehead atoms. The number of fused-ring (bicyclic) bond motifs is 1. The predicted octanol–water partition coefficient (Wildman–Crippen LogP) is 3.08. The number of carbonyl (C=O) groups is 1. The van der Waals surface area contributed by atoms with Crippen molar-refractivity contribution in [3.05, 3.63) is 47.1 Å². The van der Waals surface area contributed by atoms with Crippen LogP contribution >= 0.6 is 11.3 Å². The van der Waals surface area contributed by atoms with Crippen LogP contribution in [-0.2, 0) is 6.42 Å². The van der Waals surface area contributed by atoms with Gasteiger partial charge in [-0.05, 0) is 24.6 Å². The van der Waals surface area contributed by atoms with Gasteiger partial charge in [0.2, 0.25) is 5.82 Å². The molecule has 2 aromatic heterocycles. The lowest BCUT2D eigenvalue weighted by Gasteiger charge is -2.17. The van der Waals surface area contributed by atoms with E-state index in [0.29, 0.717) is 37.2 Å². The van der Waals surface area contributed by atoms with Crippen molar-refractivity contribution in [3.8, 4) is 5.88 Å². The Labute approximate surface area is 153 Å². The summed E-state index contributed by atoms with van der Waals surface area (Å²) >= 11 is 1.51. The van der Waals surface area contributed by atoms with Gasteiger partial charge in [-0.2, -0.15) is 9.37 Å². The number of hydrogen-bond donors (Lipinski definition) is 0. The van der Waals surface area contributed by atoms with Crippen LogP contribution < -0.4 is 4.74 Å². The maximum Gasteiger partial charge on any atom is 0.254 e. The van der Waals surface area contributed by atoms with E-state index in [1.54, 1.807) is 16.5 Å². The maximum absolute atomic E-state index is 14.2. The Hall–Kier alpha value is -2.61. The van der Waals surface area contributed by atoms with E-state index in [9.17, 15) is 9.18 Å². The Balaban J connectivity index is 1.45. The second-order valence-electron chi connectivity index (χ2n) is 6.11. The molecule has 1 saturated heterocycles. The summed E-state index contributed by atoms with van der Waals surface area (Å²) in [5.74, 6) is -0.610. The van der Waals surface area contributed by atoms with Gasteiger partial charge in [0.1, 0.15) is 12.4 Å². The minimum absolute atomic E-state index is 0.0396. The molecule has 3 aromatic rings. The zero-order chi connectivity index (χ0) is 18.1. The van der Waals surface area contributed by atoms with Crippen LogP contribution in [-0.4, -0.2) is 45.0 Å². The molecule has 0 saturated carbocycles. The zero-order valence-electron chi connectivity index (χ0n) is 14.2. The highest BCUT2D eigenvalue weighted by Gasteiger charge is 2.29.